The van der Waals surface area contributed by atoms with E-state index in [0.29, 0.717) is 18.5 Å². The molecule has 0 spiro atoms. The number of hydrogen-bond donors (Lipinski definition) is 1. The minimum absolute atomic E-state index is 0.251. The van der Waals surface area contributed by atoms with E-state index in [1.165, 1.54) is 0 Å². The van der Waals surface area contributed by atoms with Crippen molar-refractivity contribution in [3.05, 3.63) is 42.6 Å². The molecule has 0 saturated carbocycles. The van der Waals surface area contributed by atoms with Gasteiger partial charge in [0.05, 0.1) is 31.6 Å². The molecule has 0 bridgehead atoms. The van der Waals surface area contributed by atoms with Crippen LogP contribution in [-0.2, 0) is 11.3 Å². The van der Waals surface area contributed by atoms with Crippen molar-refractivity contribution >= 4 is 11.8 Å². The number of morpholine rings is 1. The van der Waals surface area contributed by atoms with E-state index in [9.17, 15) is 0 Å². The zero-order valence-corrected chi connectivity index (χ0v) is 18.9. The van der Waals surface area contributed by atoms with E-state index >= 15 is 0 Å². The molecular weight excluding hydrogens is 390 g/mol. The Morgan fingerprint density at radius 2 is 2.16 bits per heavy atom. The number of nitrogens with one attached hydrogen (secondary N) is 1. The smallest absolute Gasteiger partial charge is 0.194 e. The monoisotopic (exact) mass is 425 g/mol. The van der Waals surface area contributed by atoms with Gasteiger partial charge in [0, 0.05) is 51.3 Å². The quantitative estimate of drug-likeness (QED) is 0.586. The number of guanidine groups is 1. The Balaban J connectivity index is 1.41. The molecular formula is C23H35N7O. The number of rotatable bonds is 5. The second kappa shape index (κ2) is 10.1. The van der Waals surface area contributed by atoms with Gasteiger partial charge >= 0.3 is 0 Å². The highest BCUT2D eigenvalue weighted by Gasteiger charge is 2.28. The van der Waals surface area contributed by atoms with E-state index < -0.39 is 0 Å². The van der Waals surface area contributed by atoms with Gasteiger partial charge in [-0.15, -0.1) is 0 Å². The van der Waals surface area contributed by atoms with Crippen LogP contribution >= 0.6 is 0 Å². The standard InChI is InChI=1S/C23H35N7O/c1-4-25-23(29-9-7-18(2)21(16-29)30-10-8-24-17-30)27-14-20-5-6-22(26-13-20)28-11-12-31-19(3)15-28/h5-6,8,10,13,17-19,21H,4,7,9,11-12,14-16H2,1-3H3,(H,25,27). The lowest BCUT2D eigenvalue weighted by Gasteiger charge is -2.39. The minimum Gasteiger partial charge on any atom is -0.375 e. The average molecular weight is 426 g/mol. The predicted octanol–water partition coefficient (Wildman–Crippen LogP) is 2.55. The van der Waals surface area contributed by atoms with Crippen LogP contribution in [0.25, 0.3) is 0 Å². The van der Waals surface area contributed by atoms with Gasteiger partial charge in [0.15, 0.2) is 5.96 Å². The molecule has 168 valence electrons. The maximum Gasteiger partial charge on any atom is 0.194 e. The van der Waals surface area contributed by atoms with Gasteiger partial charge in [-0.3, -0.25) is 0 Å². The number of aliphatic imine (C=N–C) groups is 1. The fourth-order valence-corrected chi connectivity index (χ4v) is 4.41. The van der Waals surface area contributed by atoms with Crippen molar-refractivity contribution in [1.82, 2.24) is 24.8 Å². The summed E-state index contributed by atoms with van der Waals surface area (Å²) in [5.74, 6) is 2.61. The van der Waals surface area contributed by atoms with Gasteiger partial charge in [-0.05, 0) is 37.8 Å². The third-order valence-corrected chi connectivity index (χ3v) is 6.25. The highest BCUT2D eigenvalue weighted by Crippen LogP contribution is 2.27. The number of aromatic nitrogens is 3. The van der Waals surface area contributed by atoms with E-state index in [-0.39, 0.29) is 6.10 Å². The highest BCUT2D eigenvalue weighted by atomic mass is 16.5. The van der Waals surface area contributed by atoms with Gasteiger partial charge in [0.25, 0.3) is 0 Å². The summed E-state index contributed by atoms with van der Waals surface area (Å²) in [5, 5.41) is 3.48. The van der Waals surface area contributed by atoms with E-state index in [1.54, 1.807) is 0 Å². The number of anilines is 1. The first kappa shape index (κ1) is 21.6. The Morgan fingerprint density at radius 3 is 2.87 bits per heavy atom. The highest BCUT2D eigenvalue weighted by molar-refractivity contribution is 5.80. The molecule has 0 amide bonds. The zero-order chi connectivity index (χ0) is 21.6. The first-order valence-corrected chi connectivity index (χ1v) is 11.5. The van der Waals surface area contributed by atoms with Crippen LogP contribution in [0.15, 0.2) is 42.0 Å². The summed E-state index contributed by atoms with van der Waals surface area (Å²) < 4.78 is 7.86. The predicted molar refractivity (Wildman–Crippen MR) is 123 cm³/mol. The summed E-state index contributed by atoms with van der Waals surface area (Å²) in [6.07, 6.45) is 9.20. The zero-order valence-electron chi connectivity index (χ0n) is 18.9. The van der Waals surface area contributed by atoms with Gasteiger partial charge in [0.1, 0.15) is 5.82 Å². The average Bonchev–Trinajstić information content (AvgIpc) is 3.32. The molecule has 2 fully saturated rings. The first-order valence-electron chi connectivity index (χ1n) is 11.5. The summed E-state index contributed by atoms with van der Waals surface area (Å²) in [6, 6.07) is 4.66. The van der Waals surface area contributed by atoms with Crippen molar-refractivity contribution in [3.8, 4) is 0 Å². The first-order chi connectivity index (χ1) is 15.1. The van der Waals surface area contributed by atoms with Crippen LogP contribution in [0.5, 0.6) is 0 Å². The number of likely N-dealkylation sites (tertiary alicyclic amines) is 1. The molecule has 2 saturated heterocycles. The molecule has 8 nitrogen and oxygen atoms in total. The number of hydrogen-bond acceptors (Lipinski definition) is 5. The largest absolute Gasteiger partial charge is 0.375 e. The maximum atomic E-state index is 5.63. The number of piperidine rings is 1. The number of ether oxygens (including phenoxy) is 1. The van der Waals surface area contributed by atoms with Crippen LogP contribution in [0.2, 0.25) is 0 Å². The molecule has 8 heteroatoms. The summed E-state index contributed by atoms with van der Waals surface area (Å²) in [6.45, 7) is 12.5. The summed E-state index contributed by atoms with van der Waals surface area (Å²) in [7, 11) is 0. The molecule has 3 unspecified atom stereocenters. The second-order valence-corrected chi connectivity index (χ2v) is 8.61. The van der Waals surface area contributed by atoms with E-state index in [1.807, 2.05) is 18.7 Å². The van der Waals surface area contributed by atoms with Crippen LogP contribution in [0.1, 0.15) is 38.8 Å². The van der Waals surface area contributed by atoms with Gasteiger partial charge < -0.3 is 24.4 Å². The van der Waals surface area contributed by atoms with Crippen molar-refractivity contribution in [2.24, 2.45) is 10.9 Å². The van der Waals surface area contributed by atoms with Crippen LogP contribution < -0.4 is 10.2 Å². The Hall–Kier alpha value is -2.61. The molecule has 31 heavy (non-hydrogen) atoms. The fourth-order valence-electron chi connectivity index (χ4n) is 4.41. The SMILES string of the molecule is CCNC(=NCc1ccc(N2CCOC(C)C2)nc1)N1CCC(C)C(n2ccnc2)C1. The molecule has 2 aromatic rings. The lowest BCUT2D eigenvalue weighted by Crippen LogP contribution is -2.49. The van der Waals surface area contributed by atoms with Crippen molar-refractivity contribution in [3.63, 3.8) is 0 Å². The molecule has 2 aliphatic heterocycles. The molecule has 0 aromatic carbocycles. The molecule has 1 N–H and O–H groups in total. The Labute approximate surface area is 185 Å². The molecule has 0 aliphatic carbocycles. The molecule has 3 atom stereocenters. The number of nitrogens with zero attached hydrogens (tertiary/aromatic N) is 6. The molecule has 2 aromatic heterocycles. The van der Waals surface area contributed by atoms with Gasteiger partial charge in [-0.2, -0.15) is 0 Å². The third kappa shape index (κ3) is 5.36. The Kier molecular flexibility index (Phi) is 7.06. The van der Waals surface area contributed by atoms with Crippen LogP contribution in [-0.4, -0.2) is 70.8 Å². The van der Waals surface area contributed by atoms with Crippen molar-refractivity contribution < 1.29 is 4.74 Å². The summed E-state index contributed by atoms with van der Waals surface area (Å²) in [4.78, 5) is 18.5. The summed E-state index contributed by atoms with van der Waals surface area (Å²) in [5.41, 5.74) is 1.12. The van der Waals surface area contributed by atoms with Gasteiger partial charge in [0.2, 0.25) is 0 Å². The van der Waals surface area contributed by atoms with Crippen LogP contribution in [0, 0.1) is 5.92 Å². The van der Waals surface area contributed by atoms with Crippen molar-refractivity contribution in [2.45, 2.75) is 45.9 Å². The van der Waals surface area contributed by atoms with E-state index in [4.69, 9.17) is 9.73 Å². The topological polar surface area (TPSA) is 70.8 Å². The molecule has 4 heterocycles. The van der Waals surface area contributed by atoms with Crippen LogP contribution in [0.3, 0.4) is 0 Å². The Morgan fingerprint density at radius 1 is 1.26 bits per heavy atom. The molecule has 2 aliphatic rings. The normalized spacial score (nSPS) is 25.0. The lowest BCUT2D eigenvalue weighted by molar-refractivity contribution is 0.0529. The summed E-state index contributed by atoms with van der Waals surface area (Å²) >= 11 is 0. The lowest BCUT2D eigenvalue weighted by atomic mass is 9.93. The molecule has 4 rings (SSSR count). The number of pyridine rings is 1. The van der Waals surface area contributed by atoms with E-state index in [2.05, 4.69) is 68.8 Å². The van der Waals surface area contributed by atoms with Crippen LogP contribution in [0.4, 0.5) is 5.82 Å². The van der Waals surface area contributed by atoms with E-state index in [0.717, 1.165) is 63.1 Å². The number of imidazole rings is 1. The minimum atomic E-state index is 0.251. The van der Waals surface area contributed by atoms with Crippen molar-refractivity contribution in [1.29, 1.82) is 0 Å². The second-order valence-electron chi connectivity index (χ2n) is 8.61. The van der Waals surface area contributed by atoms with Crippen molar-refractivity contribution in [2.75, 3.05) is 44.2 Å². The fraction of sp³-hybridized carbons (Fsp3) is 0.609. The third-order valence-electron chi connectivity index (χ3n) is 6.25. The van der Waals surface area contributed by atoms with Gasteiger partial charge in [-0.25, -0.2) is 15.0 Å². The maximum absolute atomic E-state index is 5.63. The molecule has 0 radical (unpaired) electrons. The Bertz CT molecular complexity index is 836. The van der Waals surface area contributed by atoms with Gasteiger partial charge in [-0.1, -0.05) is 13.0 Å².